The van der Waals surface area contributed by atoms with Crippen LogP contribution in [0.2, 0.25) is 0 Å². The topological polar surface area (TPSA) is 77.8 Å². The van der Waals surface area contributed by atoms with Gasteiger partial charge in [0.15, 0.2) is 0 Å². The molecule has 112 valence electrons. The minimum atomic E-state index is 0.276. The first-order chi connectivity index (χ1) is 10.2. The lowest BCUT2D eigenvalue weighted by atomic mass is 10.1. The minimum absolute atomic E-state index is 0.276. The van der Waals surface area contributed by atoms with E-state index in [0.717, 1.165) is 31.0 Å². The van der Waals surface area contributed by atoms with Crippen LogP contribution >= 0.6 is 0 Å². The number of aryl methyl sites for hydroxylation is 1. The molecule has 1 atom stereocenters. The Morgan fingerprint density at radius 2 is 2.24 bits per heavy atom. The Morgan fingerprint density at radius 3 is 3.00 bits per heavy atom. The lowest BCUT2D eigenvalue weighted by molar-refractivity contribution is 0.396. The first-order valence-corrected chi connectivity index (χ1v) is 7.23. The van der Waals surface area contributed by atoms with Crippen molar-refractivity contribution in [3.8, 4) is 5.88 Å². The highest BCUT2D eigenvalue weighted by Gasteiger charge is 2.24. The predicted molar refractivity (Wildman–Crippen MR) is 78.4 cm³/mol. The molecule has 0 aromatic carbocycles. The highest BCUT2D eigenvalue weighted by molar-refractivity contribution is 5.29. The molecule has 7 nitrogen and oxygen atoms in total. The monoisotopic (exact) mass is 288 g/mol. The molecule has 3 heterocycles. The summed E-state index contributed by atoms with van der Waals surface area (Å²) in [7, 11) is 1.60. The first-order valence-electron chi connectivity index (χ1n) is 7.23. The molecule has 2 aromatic rings. The van der Waals surface area contributed by atoms with Crippen LogP contribution in [0.3, 0.4) is 0 Å². The maximum atomic E-state index is 5.12. The van der Waals surface area contributed by atoms with Crippen molar-refractivity contribution in [3.63, 3.8) is 0 Å². The number of hydrogen-bond donors (Lipinski definition) is 1. The Bertz CT molecular complexity index is 624. The van der Waals surface area contributed by atoms with E-state index in [9.17, 15) is 0 Å². The normalized spacial score (nSPS) is 17.6. The van der Waals surface area contributed by atoms with E-state index < -0.39 is 0 Å². The fourth-order valence-corrected chi connectivity index (χ4v) is 2.60. The van der Waals surface area contributed by atoms with Crippen molar-refractivity contribution >= 4 is 5.95 Å². The van der Waals surface area contributed by atoms with E-state index >= 15 is 0 Å². The van der Waals surface area contributed by atoms with Crippen molar-refractivity contribution in [2.75, 3.05) is 12.4 Å². The maximum Gasteiger partial charge on any atom is 0.226 e. The Balaban J connectivity index is 1.75. The van der Waals surface area contributed by atoms with Crippen molar-refractivity contribution in [3.05, 3.63) is 23.9 Å². The standard InChI is InChI=1S/C14H20N6O/c1-9(2)13-19-18-11-5-4-10(8-20(11)13)16-14-15-7-6-12(17-14)21-3/h6-7,9-10H,4-5,8H2,1-3H3,(H,15,16,17)/t10-/m0/s1. The minimum Gasteiger partial charge on any atom is -0.481 e. The van der Waals surface area contributed by atoms with Crippen LogP contribution in [-0.4, -0.2) is 37.9 Å². The van der Waals surface area contributed by atoms with Crippen LogP contribution < -0.4 is 10.1 Å². The smallest absolute Gasteiger partial charge is 0.226 e. The molecule has 0 spiro atoms. The summed E-state index contributed by atoms with van der Waals surface area (Å²) in [5.74, 6) is 3.66. The van der Waals surface area contributed by atoms with Gasteiger partial charge in [-0.2, -0.15) is 4.98 Å². The first kappa shape index (κ1) is 13.8. The van der Waals surface area contributed by atoms with Gasteiger partial charge in [0.25, 0.3) is 0 Å². The second kappa shape index (κ2) is 5.67. The number of ether oxygens (including phenoxy) is 1. The molecule has 0 aliphatic carbocycles. The van der Waals surface area contributed by atoms with Gasteiger partial charge in [0.05, 0.1) is 7.11 Å². The fourth-order valence-electron chi connectivity index (χ4n) is 2.60. The lowest BCUT2D eigenvalue weighted by Crippen LogP contribution is -2.33. The Hall–Kier alpha value is -2.18. The number of anilines is 1. The lowest BCUT2D eigenvalue weighted by Gasteiger charge is -2.25. The molecule has 1 aliphatic rings. The molecule has 1 aliphatic heterocycles. The van der Waals surface area contributed by atoms with Gasteiger partial charge in [-0.05, 0) is 6.42 Å². The molecule has 1 N–H and O–H groups in total. The van der Waals surface area contributed by atoms with Crippen LogP contribution in [-0.2, 0) is 13.0 Å². The Morgan fingerprint density at radius 1 is 1.38 bits per heavy atom. The Labute approximate surface area is 123 Å². The number of nitrogens with zero attached hydrogens (tertiary/aromatic N) is 5. The largest absolute Gasteiger partial charge is 0.481 e. The van der Waals surface area contributed by atoms with Crippen LogP contribution in [0.25, 0.3) is 0 Å². The quantitative estimate of drug-likeness (QED) is 0.921. The van der Waals surface area contributed by atoms with Gasteiger partial charge in [-0.3, -0.25) is 0 Å². The van der Waals surface area contributed by atoms with Gasteiger partial charge in [0.1, 0.15) is 11.6 Å². The van der Waals surface area contributed by atoms with Crippen LogP contribution in [0.4, 0.5) is 5.95 Å². The second-order valence-corrected chi connectivity index (χ2v) is 5.54. The van der Waals surface area contributed by atoms with Crippen LogP contribution in [0.5, 0.6) is 5.88 Å². The van der Waals surface area contributed by atoms with E-state index in [1.54, 1.807) is 19.4 Å². The van der Waals surface area contributed by atoms with Crippen molar-refractivity contribution in [1.29, 1.82) is 0 Å². The second-order valence-electron chi connectivity index (χ2n) is 5.54. The molecule has 0 bridgehead atoms. The molecule has 3 rings (SSSR count). The van der Waals surface area contributed by atoms with Gasteiger partial charge >= 0.3 is 0 Å². The molecule has 7 heteroatoms. The van der Waals surface area contributed by atoms with E-state index in [-0.39, 0.29) is 6.04 Å². The van der Waals surface area contributed by atoms with Gasteiger partial charge in [-0.15, -0.1) is 10.2 Å². The third-order valence-corrected chi connectivity index (χ3v) is 3.66. The van der Waals surface area contributed by atoms with E-state index in [4.69, 9.17) is 4.74 Å². The van der Waals surface area contributed by atoms with Crippen molar-refractivity contribution in [1.82, 2.24) is 24.7 Å². The van der Waals surface area contributed by atoms with Crippen molar-refractivity contribution < 1.29 is 4.74 Å². The zero-order valence-corrected chi connectivity index (χ0v) is 12.6. The average molecular weight is 288 g/mol. The molecule has 0 saturated heterocycles. The highest BCUT2D eigenvalue weighted by Crippen LogP contribution is 2.21. The summed E-state index contributed by atoms with van der Waals surface area (Å²) >= 11 is 0. The summed E-state index contributed by atoms with van der Waals surface area (Å²) in [6, 6.07) is 2.01. The van der Waals surface area contributed by atoms with Crippen LogP contribution in [0.15, 0.2) is 12.3 Å². The van der Waals surface area contributed by atoms with Gasteiger partial charge in [0, 0.05) is 37.2 Å². The molecule has 21 heavy (non-hydrogen) atoms. The molecule has 0 amide bonds. The van der Waals surface area contributed by atoms with Crippen LogP contribution in [0, 0.1) is 0 Å². The van der Waals surface area contributed by atoms with E-state index in [1.807, 2.05) is 0 Å². The number of hydrogen-bond acceptors (Lipinski definition) is 6. The summed E-state index contributed by atoms with van der Waals surface area (Å²) < 4.78 is 7.34. The SMILES string of the molecule is COc1ccnc(N[C@H]2CCc3nnc(C(C)C)n3C2)n1. The van der Waals surface area contributed by atoms with Crippen LogP contribution in [0.1, 0.15) is 37.8 Å². The summed E-state index contributed by atoms with van der Waals surface area (Å²) in [6.07, 6.45) is 3.61. The summed E-state index contributed by atoms with van der Waals surface area (Å²) in [6.45, 7) is 5.12. The van der Waals surface area contributed by atoms with Gasteiger partial charge in [-0.25, -0.2) is 4.98 Å². The molecule has 2 aromatic heterocycles. The number of nitrogens with one attached hydrogen (secondary N) is 1. The number of methoxy groups -OCH3 is 1. The summed E-state index contributed by atoms with van der Waals surface area (Å²) in [5.41, 5.74) is 0. The fraction of sp³-hybridized carbons (Fsp3) is 0.571. The third-order valence-electron chi connectivity index (χ3n) is 3.66. The van der Waals surface area contributed by atoms with Crippen molar-refractivity contribution in [2.45, 2.75) is 45.2 Å². The van der Waals surface area contributed by atoms with E-state index in [1.165, 1.54) is 0 Å². The third kappa shape index (κ3) is 2.81. The number of fused-ring (bicyclic) bond motifs is 1. The molecule has 0 fully saturated rings. The predicted octanol–water partition coefficient (Wildman–Crippen LogP) is 1.63. The van der Waals surface area contributed by atoms with Gasteiger partial charge < -0.3 is 14.6 Å². The highest BCUT2D eigenvalue weighted by atomic mass is 16.5. The molecular weight excluding hydrogens is 268 g/mol. The van der Waals surface area contributed by atoms with Gasteiger partial charge in [-0.1, -0.05) is 13.8 Å². The molecule has 0 radical (unpaired) electrons. The average Bonchev–Trinajstić information content (AvgIpc) is 2.91. The van der Waals surface area contributed by atoms with E-state index in [2.05, 4.69) is 43.9 Å². The van der Waals surface area contributed by atoms with Crippen molar-refractivity contribution in [2.24, 2.45) is 0 Å². The Kier molecular flexibility index (Phi) is 3.72. The van der Waals surface area contributed by atoms with Gasteiger partial charge in [0.2, 0.25) is 11.8 Å². The summed E-state index contributed by atoms with van der Waals surface area (Å²) in [4.78, 5) is 8.54. The molecule has 0 saturated carbocycles. The number of aromatic nitrogens is 5. The zero-order valence-electron chi connectivity index (χ0n) is 12.6. The molecular formula is C14H20N6O. The number of rotatable bonds is 4. The van der Waals surface area contributed by atoms with E-state index in [0.29, 0.717) is 17.7 Å². The zero-order chi connectivity index (χ0) is 14.8. The maximum absolute atomic E-state index is 5.12. The molecule has 0 unspecified atom stereocenters. The summed E-state index contributed by atoms with van der Waals surface area (Å²) in [5, 5.41) is 12.0.